The van der Waals surface area contributed by atoms with Crippen molar-refractivity contribution in [1.29, 1.82) is 0 Å². The fourth-order valence-electron chi connectivity index (χ4n) is 3.36. The van der Waals surface area contributed by atoms with Gasteiger partial charge in [0.05, 0.1) is 38.4 Å². The van der Waals surface area contributed by atoms with Crippen LogP contribution in [0.5, 0.6) is 11.5 Å². The summed E-state index contributed by atoms with van der Waals surface area (Å²) in [6.07, 6.45) is 1.82. The van der Waals surface area contributed by atoms with Crippen LogP contribution in [0.1, 0.15) is 24.0 Å². The molecule has 1 aromatic heterocycles. The Morgan fingerprint density at radius 1 is 1.21 bits per heavy atom. The van der Waals surface area contributed by atoms with E-state index in [1.54, 1.807) is 25.1 Å². The summed E-state index contributed by atoms with van der Waals surface area (Å²) in [4.78, 5) is 32.8. The summed E-state index contributed by atoms with van der Waals surface area (Å²) in [7, 11) is 4.34. The summed E-state index contributed by atoms with van der Waals surface area (Å²) >= 11 is 1.32. The quantitative estimate of drug-likeness (QED) is 0.446. The number of carbonyl (C=O) groups excluding carboxylic acids is 1. The topological polar surface area (TPSA) is 103 Å². The van der Waals surface area contributed by atoms with Crippen LogP contribution < -0.4 is 20.3 Å². The maximum absolute atomic E-state index is 12.9. The highest BCUT2D eigenvalue weighted by Gasteiger charge is 2.38. The predicted molar refractivity (Wildman–Crippen MR) is 106 cm³/mol. The van der Waals surface area contributed by atoms with Gasteiger partial charge in [-0.2, -0.15) is 0 Å². The molecule has 1 aromatic carbocycles. The molecule has 9 heteroatoms. The highest BCUT2D eigenvalue weighted by molar-refractivity contribution is 7.98. The Balaban J connectivity index is 2.37. The molecule has 0 aliphatic carbocycles. The number of benzene rings is 1. The second-order valence-electron chi connectivity index (χ2n) is 6.01. The van der Waals surface area contributed by atoms with Crippen LogP contribution in [0, 0.1) is 0 Å². The molecule has 0 amide bonds. The number of hydrogen-bond acceptors (Lipinski definition) is 8. The number of allylic oxidation sites excluding steroid dienone is 1. The van der Waals surface area contributed by atoms with Gasteiger partial charge >= 0.3 is 5.97 Å². The molecule has 3 rings (SSSR count). The third-order valence-electron chi connectivity index (χ3n) is 4.56. The number of methoxy groups -OCH3 is 3. The molecular weight excluding hydrogens is 382 g/mol. The Hall–Kier alpha value is -2.94. The SMILES string of the molecule is COC(=O)C1=C(C)Nc2nc(SC)[nH]c(=O)c2C1c1cccc(OC)c1OC. The molecule has 0 bridgehead atoms. The second-order valence-corrected chi connectivity index (χ2v) is 6.80. The van der Waals surface area contributed by atoms with Gasteiger partial charge in [-0.25, -0.2) is 9.78 Å². The third kappa shape index (κ3) is 3.22. The number of para-hydroxylation sites is 1. The molecule has 0 saturated heterocycles. The summed E-state index contributed by atoms with van der Waals surface area (Å²) < 4.78 is 16.0. The zero-order chi connectivity index (χ0) is 20.4. The third-order valence-corrected chi connectivity index (χ3v) is 5.14. The van der Waals surface area contributed by atoms with Gasteiger partial charge in [-0.1, -0.05) is 23.9 Å². The monoisotopic (exact) mass is 403 g/mol. The number of thioether (sulfide) groups is 1. The van der Waals surface area contributed by atoms with Gasteiger partial charge in [0.25, 0.3) is 5.56 Å². The Morgan fingerprint density at radius 3 is 2.57 bits per heavy atom. The number of aromatic nitrogens is 2. The van der Waals surface area contributed by atoms with Crippen LogP contribution in [0.15, 0.2) is 39.4 Å². The van der Waals surface area contributed by atoms with Crippen LogP contribution in [-0.4, -0.2) is 43.5 Å². The smallest absolute Gasteiger partial charge is 0.336 e. The van der Waals surface area contributed by atoms with Gasteiger partial charge < -0.3 is 24.5 Å². The summed E-state index contributed by atoms with van der Waals surface area (Å²) in [5.41, 5.74) is 1.44. The molecule has 2 heterocycles. The number of anilines is 1. The Morgan fingerprint density at radius 2 is 1.96 bits per heavy atom. The largest absolute Gasteiger partial charge is 0.493 e. The molecule has 1 aliphatic rings. The normalized spacial score (nSPS) is 15.5. The molecule has 0 saturated carbocycles. The lowest BCUT2D eigenvalue weighted by Crippen LogP contribution is -2.31. The number of aromatic amines is 1. The number of nitrogens with one attached hydrogen (secondary N) is 2. The highest BCUT2D eigenvalue weighted by Crippen LogP contribution is 2.45. The average molecular weight is 403 g/mol. The van der Waals surface area contributed by atoms with Gasteiger partial charge in [0, 0.05) is 11.3 Å². The van der Waals surface area contributed by atoms with Crippen molar-refractivity contribution in [2.24, 2.45) is 0 Å². The van der Waals surface area contributed by atoms with E-state index in [-0.39, 0.29) is 5.56 Å². The lowest BCUT2D eigenvalue weighted by molar-refractivity contribution is -0.136. The lowest BCUT2D eigenvalue weighted by Gasteiger charge is -2.29. The average Bonchev–Trinajstić information content (AvgIpc) is 2.71. The Kier molecular flexibility index (Phi) is 5.64. The first-order valence-electron chi connectivity index (χ1n) is 8.41. The van der Waals surface area contributed by atoms with E-state index in [1.807, 2.05) is 6.26 Å². The van der Waals surface area contributed by atoms with E-state index in [0.717, 1.165) is 0 Å². The number of ether oxygens (including phenoxy) is 3. The number of rotatable bonds is 5. The number of H-pyrrole nitrogens is 1. The number of esters is 1. The molecule has 2 aromatic rings. The first-order valence-corrected chi connectivity index (χ1v) is 9.64. The highest BCUT2D eigenvalue weighted by atomic mass is 32.2. The van der Waals surface area contributed by atoms with E-state index in [4.69, 9.17) is 14.2 Å². The first kappa shape index (κ1) is 19.8. The van der Waals surface area contributed by atoms with Crippen molar-refractivity contribution in [1.82, 2.24) is 9.97 Å². The maximum atomic E-state index is 12.9. The van der Waals surface area contributed by atoms with Crippen LogP contribution in [-0.2, 0) is 9.53 Å². The minimum Gasteiger partial charge on any atom is -0.493 e. The zero-order valence-corrected chi connectivity index (χ0v) is 17.0. The standard InChI is InChI=1S/C19H21N3O5S/c1-9-12(18(24)27-4)13(10-7-6-8-11(25-2)15(10)26-3)14-16(20-9)21-19(28-5)22-17(14)23/h6-8,13H,1-5H3,(H2,20,21,22,23). The van der Waals surface area contributed by atoms with Crippen LogP contribution in [0.3, 0.4) is 0 Å². The van der Waals surface area contributed by atoms with Gasteiger partial charge in [-0.15, -0.1) is 0 Å². The van der Waals surface area contributed by atoms with Crippen molar-refractivity contribution in [2.75, 3.05) is 32.9 Å². The van der Waals surface area contributed by atoms with E-state index in [1.165, 1.54) is 33.1 Å². The molecule has 8 nitrogen and oxygen atoms in total. The summed E-state index contributed by atoms with van der Waals surface area (Å²) in [5.74, 6) is 0.0466. The van der Waals surface area contributed by atoms with Crippen LogP contribution in [0.25, 0.3) is 0 Å². The number of nitrogens with zero attached hydrogens (tertiary/aromatic N) is 1. The van der Waals surface area contributed by atoms with Gasteiger partial charge in [0.15, 0.2) is 16.7 Å². The molecule has 1 unspecified atom stereocenters. The van der Waals surface area contributed by atoms with Crippen molar-refractivity contribution >= 4 is 23.5 Å². The van der Waals surface area contributed by atoms with Crippen molar-refractivity contribution in [2.45, 2.75) is 18.0 Å². The molecule has 148 valence electrons. The van der Waals surface area contributed by atoms with Gasteiger partial charge in [0.2, 0.25) is 0 Å². The van der Waals surface area contributed by atoms with E-state index in [0.29, 0.717) is 44.9 Å². The van der Waals surface area contributed by atoms with Crippen molar-refractivity contribution in [3.05, 3.63) is 50.9 Å². The number of carbonyl (C=O) groups is 1. The van der Waals surface area contributed by atoms with Crippen LogP contribution >= 0.6 is 11.8 Å². The Labute approximate surface area is 166 Å². The maximum Gasteiger partial charge on any atom is 0.336 e. The first-order chi connectivity index (χ1) is 13.5. The molecule has 1 aliphatic heterocycles. The molecule has 1 atom stereocenters. The van der Waals surface area contributed by atoms with Gasteiger partial charge in [0.1, 0.15) is 5.82 Å². The van der Waals surface area contributed by atoms with E-state index in [9.17, 15) is 9.59 Å². The molecule has 0 fully saturated rings. The summed E-state index contributed by atoms with van der Waals surface area (Å²) in [6.45, 7) is 1.75. The fraction of sp³-hybridized carbons (Fsp3) is 0.316. The van der Waals surface area contributed by atoms with Gasteiger partial charge in [-0.3, -0.25) is 4.79 Å². The molecule has 0 radical (unpaired) electrons. The molecule has 28 heavy (non-hydrogen) atoms. The minimum absolute atomic E-state index is 0.311. The molecular formula is C19H21N3O5S. The Bertz CT molecular complexity index is 1020. The second kappa shape index (κ2) is 7.97. The molecule has 2 N–H and O–H groups in total. The fourth-order valence-corrected chi connectivity index (χ4v) is 3.74. The zero-order valence-electron chi connectivity index (χ0n) is 16.2. The number of fused-ring (bicyclic) bond motifs is 1. The van der Waals surface area contributed by atoms with Crippen LogP contribution in [0.4, 0.5) is 5.82 Å². The minimum atomic E-state index is -0.735. The number of hydrogen-bond donors (Lipinski definition) is 2. The van der Waals surface area contributed by atoms with Crippen molar-refractivity contribution in [3.8, 4) is 11.5 Å². The molecule has 0 spiro atoms. The summed E-state index contributed by atoms with van der Waals surface area (Å²) in [5, 5.41) is 3.54. The van der Waals surface area contributed by atoms with E-state index >= 15 is 0 Å². The van der Waals surface area contributed by atoms with Crippen molar-refractivity contribution in [3.63, 3.8) is 0 Å². The predicted octanol–water partition coefficient (Wildman–Crippen LogP) is 2.51. The van der Waals surface area contributed by atoms with Gasteiger partial charge in [-0.05, 0) is 19.2 Å². The van der Waals surface area contributed by atoms with E-state index < -0.39 is 11.9 Å². The lowest BCUT2D eigenvalue weighted by atomic mass is 9.81. The summed E-state index contributed by atoms with van der Waals surface area (Å²) in [6, 6.07) is 5.32. The van der Waals surface area contributed by atoms with Crippen molar-refractivity contribution < 1.29 is 19.0 Å². The van der Waals surface area contributed by atoms with E-state index in [2.05, 4.69) is 15.3 Å². The van der Waals surface area contributed by atoms with Crippen LogP contribution in [0.2, 0.25) is 0 Å².